The van der Waals surface area contributed by atoms with Crippen LogP contribution < -0.4 is 5.32 Å². The van der Waals surface area contributed by atoms with E-state index < -0.39 is 0 Å². The van der Waals surface area contributed by atoms with Crippen molar-refractivity contribution in [3.8, 4) is 16.8 Å². The summed E-state index contributed by atoms with van der Waals surface area (Å²) in [5.41, 5.74) is 3.02. The Morgan fingerprint density at radius 2 is 2.17 bits per heavy atom. The molecule has 0 aliphatic heterocycles. The highest BCUT2D eigenvalue weighted by atomic mass is 32.1. The maximum absolute atomic E-state index is 12.3. The van der Waals surface area contributed by atoms with Gasteiger partial charge >= 0.3 is 0 Å². The maximum Gasteiger partial charge on any atom is 0.228 e. The second-order valence-corrected chi connectivity index (χ2v) is 5.72. The second kappa shape index (κ2) is 6.85. The molecule has 114 valence electrons. The fourth-order valence-electron chi connectivity index (χ4n) is 2.25. The van der Waals surface area contributed by atoms with E-state index in [0.29, 0.717) is 17.8 Å². The van der Waals surface area contributed by atoms with Crippen molar-refractivity contribution in [3.63, 3.8) is 0 Å². The smallest absolute Gasteiger partial charge is 0.228 e. The normalized spacial score (nSPS) is 10.2. The molecule has 6 nitrogen and oxygen atoms in total. The van der Waals surface area contributed by atoms with E-state index in [0.717, 1.165) is 16.1 Å². The number of amides is 1. The Kier molecular flexibility index (Phi) is 4.45. The van der Waals surface area contributed by atoms with Crippen LogP contribution in [0.2, 0.25) is 0 Å². The minimum Gasteiger partial charge on any atom is -0.323 e. The highest BCUT2D eigenvalue weighted by Gasteiger charge is 2.14. The quantitative estimate of drug-likeness (QED) is 0.755. The predicted molar refractivity (Wildman–Crippen MR) is 87.8 cm³/mol. The summed E-state index contributed by atoms with van der Waals surface area (Å²) >= 11 is 1.47. The van der Waals surface area contributed by atoms with Gasteiger partial charge in [-0.2, -0.15) is 10.4 Å². The summed E-state index contributed by atoms with van der Waals surface area (Å²) in [6.07, 6.45) is 3.76. The zero-order chi connectivity index (χ0) is 16.1. The third-order valence-electron chi connectivity index (χ3n) is 3.30. The van der Waals surface area contributed by atoms with Gasteiger partial charge in [-0.05, 0) is 11.1 Å². The van der Waals surface area contributed by atoms with Crippen LogP contribution in [0.15, 0.2) is 42.0 Å². The van der Waals surface area contributed by atoms with Crippen LogP contribution in [0.1, 0.15) is 11.1 Å². The third-order valence-corrected chi connectivity index (χ3v) is 4.09. The highest BCUT2D eigenvalue weighted by Crippen LogP contribution is 2.27. The molecule has 0 radical (unpaired) electrons. The number of rotatable bonds is 5. The number of anilines is 1. The van der Waals surface area contributed by atoms with E-state index in [-0.39, 0.29) is 12.3 Å². The molecule has 3 aromatic rings. The molecule has 2 aromatic heterocycles. The number of aromatic amines is 1. The number of thiazole rings is 1. The first kappa shape index (κ1) is 14.9. The maximum atomic E-state index is 12.3. The van der Waals surface area contributed by atoms with Crippen LogP contribution in [0.3, 0.4) is 0 Å². The van der Waals surface area contributed by atoms with Crippen LogP contribution in [0, 0.1) is 11.3 Å². The van der Waals surface area contributed by atoms with E-state index in [1.165, 1.54) is 11.3 Å². The van der Waals surface area contributed by atoms with Crippen LogP contribution in [-0.4, -0.2) is 21.1 Å². The fraction of sp³-hybridized carbons (Fsp3) is 0.125. The van der Waals surface area contributed by atoms with Gasteiger partial charge in [0.05, 0.1) is 30.8 Å². The highest BCUT2D eigenvalue weighted by molar-refractivity contribution is 7.13. The summed E-state index contributed by atoms with van der Waals surface area (Å²) < 4.78 is 0. The van der Waals surface area contributed by atoms with E-state index in [2.05, 4.69) is 26.6 Å². The first-order valence-electron chi connectivity index (χ1n) is 6.94. The van der Waals surface area contributed by atoms with Crippen molar-refractivity contribution in [1.82, 2.24) is 15.2 Å². The largest absolute Gasteiger partial charge is 0.323 e. The average Bonchev–Trinajstić information content (AvgIpc) is 3.20. The molecule has 0 bridgehead atoms. The molecular formula is C16H13N5OS. The number of aromatic nitrogens is 3. The number of hydrogen-bond acceptors (Lipinski definition) is 5. The first-order valence-corrected chi connectivity index (χ1v) is 7.82. The molecule has 3 rings (SSSR count). The molecule has 1 amide bonds. The first-order chi connectivity index (χ1) is 11.3. The molecule has 0 atom stereocenters. The van der Waals surface area contributed by atoms with Gasteiger partial charge in [-0.15, -0.1) is 11.3 Å². The molecule has 0 unspecified atom stereocenters. The summed E-state index contributed by atoms with van der Waals surface area (Å²) in [6.45, 7) is 0. The lowest BCUT2D eigenvalue weighted by atomic mass is 10.0. The fourth-order valence-corrected chi connectivity index (χ4v) is 2.89. The van der Waals surface area contributed by atoms with Crippen LogP contribution in [0.25, 0.3) is 10.7 Å². The molecule has 23 heavy (non-hydrogen) atoms. The van der Waals surface area contributed by atoms with Crippen LogP contribution in [-0.2, 0) is 17.6 Å². The Bertz CT molecular complexity index is 847. The summed E-state index contributed by atoms with van der Waals surface area (Å²) in [6, 6.07) is 9.58. The lowest BCUT2D eigenvalue weighted by Gasteiger charge is -2.07. The van der Waals surface area contributed by atoms with Crippen molar-refractivity contribution in [1.29, 1.82) is 5.26 Å². The summed E-state index contributed by atoms with van der Waals surface area (Å²) in [4.78, 5) is 16.5. The Morgan fingerprint density at radius 3 is 2.91 bits per heavy atom. The van der Waals surface area contributed by atoms with Gasteiger partial charge in [0, 0.05) is 11.6 Å². The standard InChI is InChI=1S/C16H13N5OS/c17-6-5-11-3-1-2-4-12(11)9-14(22)20-13-10-19-21-15(13)16-18-7-8-23-16/h1-4,7-8,10H,5,9H2,(H,19,21)(H,20,22). The lowest BCUT2D eigenvalue weighted by Crippen LogP contribution is -2.15. The van der Waals surface area contributed by atoms with Gasteiger partial charge in [-0.25, -0.2) is 4.98 Å². The van der Waals surface area contributed by atoms with Gasteiger partial charge in [0.25, 0.3) is 0 Å². The number of benzene rings is 1. The molecule has 0 aliphatic rings. The third kappa shape index (κ3) is 3.44. The minimum absolute atomic E-state index is 0.158. The van der Waals surface area contributed by atoms with Gasteiger partial charge in [-0.1, -0.05) is 24.3 Å². The molecule has 0 fully saturated rings. The van der Waals surface area contributed by atoms with Gasteiger partial charge in [0.15, 0.2) is 0 Å². The van der Waals surface area contributed by atoms with Crippen molar-refractivity contribution >= 4 is 22.9 Å². The minimum atomic E-state index is -0.158. The van der Waals surface area contributed by atoms with Gasteiger partial charge < -0.3 is 5.32 Å². The Morgan fingerprint density at radius 1 is 1.35 bits per heavy atom. The zero-order valence-corrected chi connectivity index (χ0v) is 12.9. The van der Waals surface area contributed by atoms with Crippen molar-refractivity contribution < 1.29 is 4.79 Å². The van der Waals surface area contributed by atoms with Crippen LogP contribution in [0.5, 0.6) is 0 Å². The number of carbonyl (C=O) groups excluding carboxylic acids is 1. The number of nitrogens with zero attached hydrogens (tertiary/aromatic N) is 3. The molecule has 0 saturated carbocycles. The van der Waals surface area contributed by atoms with E-state index >= 15 is 0 Å². The topological polar surface area (TPSA) is 94.5 Å². The second-order valence-electron chi connectivity index (χ2n) is 4.82. The van der Waals surface area contributed by atoms with Gasteiger partial charge in [0.2, 0.25) is 5.91 Å². The zero-order valence-electron chi connectivity index (χ0n) is 12.1. The molecule has 0 saturated heterocycles. The molecule has 2 heterocycles. The van der Waals surface area contributed by atoms with Gasteiger partial charge in [-0.3, -0.25) is 9.89 Å². The average molecular weight is 323 g/mol. The molecule has 7 heteroatoms. The van der Waals surface area contributed by atoms with E-state index in [1.54, 1.807) is 12.4 Å². The predicted octanol–water partition coefficient (Wildman–Crippen LogP) is 2.78. The van der Waals surface area contributed by atoms with Crippen LogP contribution >= 0.6 is 11.3 Å². The van der Waals surface area contributed by atoms with E-state index in [1.807, 2.05) is 29.6 Å². The Labute approximate surface area is 136 Å². The van der Waals surface area contributed by atoms with Crippen molar-refractivity contribution in [2.45, 2.75) is 12.8 Å². The van der Waals surface area contributed by atoms with E-state index in [9.17, 15) is 4.79 Å². The van der Waals surface area contributed by atoms with Crippen molar-refractivity contribution in [2.24, 2.45) is 0 Å². The van der Waals surface area contributed by atoms with Gasteiger partial charge in [0.1, 0.15) is 10.7 Å². The lowest BCUT2D eigenvalue weighted by molar-refractivity contribution is -0.115. The van der Waals surface area contributed by atoms with Crippen molar-refractivity contribution in [2.75, 3.05) is 5.32 Å². The molecule has 1 aromatic carbocycles. The van der Waals surface area contributed by atoms with Crippen molar-refractivity contribution in [3.05, 3.63) is 53.2 Å². The molecule has 0 aliphatic carbocycles. The number of H-pyrrole nitrogens is 1. The monoisotopic (exact) mass is 323 g/mol. The number of nitrogens with one attached hydrogen (secondary N) is 2. The number of carbonyl (C=O) groups is 1. The van der Waals surface area contributed by atoms with Crippen LogP contribution in [0.4, 0.5) is 5.69 Å². The summed E-state index contributed by atoms with van der Waals surface area (Å²) in [7, 11) is 0. The molecule has 2 N–H and O–H groups in total. The number of nitriles is 1. The van der Waals surface area contributed by atoms with E-state index in [4.69, 9.17) is 5.26 Å². The molecule has 0 spiro atoms. The Balaban J connectivity index is 1.74. The Hall–Kier alpha value is -2.98. The number of hydrogen-bond donors (Lipinski definition) is 2. The summed E-state index contributed by atoms with van der Waals surface area (Å²) in [5, 5.41) is 21.2. The summed E-state index contributed by atoms with van der Waals surface area (Å²) in [5.74, 6) is -0.158. The molecular weight excluding hydrogens is 310 g/mol. The SMILES string of the molecule is N#CCc1ccccc1CC(=O)Nc1cn[nH]c1-c1nccs1.